The first-order chi connectivity index (χ1) is 25.8. The molecule has 294 valence electrons. The summed E-state index contributed by atoms with van der Waals surface area (Å²) in [6.07, 6.45) is 24.5. The molecule has 9 rings (SSSR count). The molecule has 2 fully saturated rings. The summed E-state index contributed by atoms with van der Waals surface area (Å²) < 4.78 is 1.42. The zero-order valence-electron chi connectivity index (χ0n) is 35.2. The number of hydrogen-bond acceptors (Lipinski definition) is 0. The van der Waals surface area contributed by atoms with Crippen LogP contribution in [0.15, 0.2) is 132 Å². The Bertz CT molecular complexity index is 1970. The van der Waals surface area contributed by atoms with Crippen LogP contribution in [0.4, 0.5) is 0 Å². The van der Waals surface area contributed by atoms with Crippen LogP contribution in [-0.4, -0.2) is 3.21 Å². The molecule has 0 radical (unpaired) electrons. The monoisotopic (exact) mass is 858 g/mol. The van der Waals surface area contributed by atoms with Gasteiger partial charge in [-0.15, -0.1) is 13.3 Å². The topological polar surface area (TPSA) is 0 Å². The first kappa shape index (κ1) is 44.7. The van der Waals surface area contributed by atoms with Gasteiger partial charge in [0.1, 0.15) is 0 Å². The van der Waals surface area contributed by atoms with Crippen molar-refractivity contribution in [1.29, 1.82) is 0 Å². The van der Waals surface area contributed by atoms with Crippen LogP contribution >= 0.6 is 0 Å². The van der Waals surface area contributed by atoms with Crippen LogP contribution in [0.1, 0.15) is 129 Å². The molecule has 0 aromatic heterocycles. The van der Waals surface area contributed by atoms with Crippen molar-refractivity contribution < 1.29 is 49.0 Å². The summed E-state index contributed by atoms with van der Waals surface area (Å²) in [5.74, 6) is 3.13. The van der Waals surface area contributed by atoms with Gasteiger partial charge in [0.15, 0.2) is 0 Å². The Kier molecular flexibility index (Phi) is 14.2. The third kappa shape index (κ3) is 7.62. The van der Waals surface area contributed by atoms with E-state index in [2.05, 4.69) is 171 Å². The van der Waals surface area contributed by atoms with Gasteiger partial charge in [0.25, 0.3) is 0 Å². The quantitative estimate of drug-likeness (QED) is 0.234. The number of allylic oxidation sites excluding steroid dienone is 10. The van der Waals surface area contributed by atoms with Crippen LogP contribution in [0.3, 0.4) is 0 Å². The van der Waals surface area contributed by atoms with Gasteiger partial charge in [-0.3, -0.25) is 6.08 Å². The number of rotatable bonds is 3. The molecule has 0 N–H and O–H groups in total. The minimum atomic E-state index is 0. The minimum absolute atomic E-state index is 0. The van der Waals surface area contributed by atoms with Gasteiger partial charge in [0, 0.05) is 0 Å². The molecule has 0 nitrogen and oxygen atoms in total. The summed E-state index contributed by atoms with van der Waals surface area (Å²) >= 11 is 1.46. The maximum atomic E-state index is 3.25. The molecular weight excluding hydrogens is 799 g/mol. The average molecular weight is 861 g/mol. The Morgan fingerprint density at radius 1 is 0.732 bits per heavy atom. The van der Waals surface area contributed by atoms with Crippen molar-refractivity contribution in [2.75, 3.05) is 0 Å². The summed E-state index contributed by atoms with van der Waals surface area (Å²) in [6, 6.07) is 30.3. The molecule has 2 saturated carbocycles. The van der Waals surface area contributed by atoms with Gasteiger partial charge in [-0.05, 0) is 40.6 Å². The first-order valence-electron chi connectivity index (χ1n) is 20.9. The summed E-state index contributed by atoms with van der Waals surface area (Å²) in [6.45, 7) is 20.3. The number of benzene rings is 3. The van der Waals surface area contributed by atoms with E-state index in [4.69, 9.17) is 0 Å². The van der Waals surface area contributed by atoms with Crippen molar-refractivity contribution in [2.24, 2.45) is 33.5 Å². The summed E-state index contributed by atoms with van der Waals surface area (Å²) in [4.78, 5) is 0. The zero-order valence-corrected chi connectivity index (χ0v) is 39.1. The standard InChI is InChI=1S/C29H37.C13H10.C11H15.2ClH.Zr/c1-18-25-22-17-19-13-9-10-14-20(19)24(22)21-15-11-12-16-23(21)29(25,8)28(6,7)27(4,5)26(18,2)3;1-3-7-12(8-4-1)11-13-9-5-2-6-10-13;1-2-6-10(7-3-1)11-8-4-5-9-11;;;/h9-11,13-15,23H,12,16-17H2,1-8H3;1-10H;8-10H,1-4,6-7H2;2*1H;/q-1;;-1;;;+2/p-2. The molecule has 2 atom stereocenters. The van der Waals surface area contributed by atoms with Crippen molar-refractivity contribution in [3.63, 3.8) is 0 Å². The third-order valence-electron chi connectivity index (χ3n) is 15.7. The van der Waals surface area contributed by atoms with Crippen molar-refractivity contribution >= 4 is 8.78 Å². The van der Waals surface area contributed by atoms with Crippen LogP contribution in [0.25, 0.3) is 5.57 Å². The van der Waals surface area contributed by atoms with Crippen LogP contribution in [0.2, 0.25) is 0 Å². The SMILES string of the molecule is C[C-]1C2=C3Cc4ccccc4C3=C3C=CCCC3C2(C)C(C)(C)C(C)(C)C1(C)C.[C-]1=CC(C2CCCCC2)=CC1.[Cl-].[Cl-].[Zr+2]=[C](c1ccccc1)c1ccccc1. The van der Waals surface area contributed by atoms with E-state index in [-0.39, 0.29) is 46.5 Å². The second-order valence-electron chi connectivity index (χ2n) is 18.5. The van der Waals surface area contributed by atoms with Crippen LogP contribution in [-0.2, 0) is 30.7 Å². The summed E-state index contributed by atoms with van der Waals surface area (Å²) in [5.41, 5.74) is 14.5. The Morgan fingerprint density at radius 2 is 1.32 bits per heavy atom. The van der Waals surface area contributed by atoms with Gasteiger partial charge < -0.3 is 24.8 Å². The fourth-order valence-corrected chi connectivity index (χ4v) is 11.9. The van der Waals surface area contributed by atoms with E-state index in [0.29, 0.717) is 5.92 Å². The maximum absolute atomic E-state index is 3.25. The normalized spacial score (nSPS) is 24.7. The Morgan fingerprint density at radius 3 is 1.91 bits per heavy atom. The van der Waals surface area contributed by atoms with E-state index >= 15 is 0 Å². The van der Waals surface area contributed by atoms with E-state index in [1.54, 1.807) is 33.8 Å². The van der Waals surface area contributed by atoms with Gasteiger partial charge >= 0.3 is 99.2 Å². The zero-order chi connectivity index (χ0) is 38.3. The van der Waals surface area contributed by atoms with E-state index < -0.39 is 0 Å². The van der Waals surface area contributed by atoms with Gasteiger partial charge in [-0.2, -0.15) is 22.8 Å². The summed E-state index contributed by atoms with van der Waals surface area (Å²) in [5, 5.41) is 0. The third-order valence-corrected chi connectivity index (χ3v) is 17.1. The predicted octanol–water partition coefficient (Wildman–Crippen LogP) is 8.03. The molecule has 3 aromatic rings. The van der Waals surface area contributed by atoms with Gasteiger partial charge in [-0.1, -0.05) is 151 Å². The molecule has 0 saturated heterocycles. The van der Waals surface area contributed by atoms with Gasteiger partial charge in [-0.25, -0.2) is 12.0 Å². The molecule has 0 amide bonds. The molecule has 56 heavy (non-hydrogen) atoms. The van der Waals surface area contributed by atoms with Crippen LogP contribution in [0, 0.1) is 45.5 Å². The van der Waals surface area contributed by atoms with Crippen molar-refractivity contribution in [1.82, 2.24) is 0 Å². The Labute approximate surface area is 367 Å². The number of halogens is 2. The fraction of sp³-hybridized carbons (Fsp3) is 0.434. The molecule has 3 heteroatoms. The van der Waals surface area contributed by atoms with E-state index in [1.165, 1.54) is 94.6 Å². The van der Waals surface area contributed by atoms with Crippen molar-refractivity contribution in [3.8, 4) is 0 Å². The average Bonchev–Trinajstić information content (AvgIpc) is 3.88. The predicted molar refractivity (Wildman–Crippen MR) is 228 cm³/mol. The second-order valence-corrected chi connectivity index (χ2v) is 19.7. The summed E-state index contributed by atoms with van der Waals surface area (Å²) in [7, 11) is 0. The number of fused-ring (bicyclic) bond motifs is 6. The van der Waals surface area contributed by atoms with E-state index in [1.807, 2.05) is 0 Å². The molecular formula is C53H62Cl2Zr-2. The molecule has 0 heterocycles. The molecule has 3 aromatic carbocycles. The molecule has 0 bridgehead atoms. The van der Waals surface area contributed by atoms with Crippen molar-refractivity contribution in [3.05, 3.63) is 166 Å². The Hall–Kier alpha value is -2.44. The van der Waals surface area contributed by atoms with Gasteiger partial charge in [0.05, 0.1) is 0 Å². The van der Waals surface area contributed by atoms with Crippen LogP contribution < -0.4 is 24.8 Å². The van der Waals surface area contributed by atoms with Gasteiger partial charge in [0.2, 0.25) is 0 Å². The van der Waals surface area contributed by atoms with Crippen LogP contribution in [0.5, 0.6) is 0 Å². The molecule has 6 aliphatic rings. The molecule has 2 unspecified atom stereocenters. The van der Waals surface area contributed by atoms with Crippen molar-refractivity contribution in [2.45, 2.75) is 113 Å². The Balaban J connectivity index is 0.000000185. The second kappa shape index (κ2) is 17.8. The first-order valence-corrected chi connectivity index (χ1v) is 22.1. The fourth-order valence-electron chi connectivity index (χ4n) is 11.1. The number of hydrogen-bond donors (Lipinski definition) is 0. The van der Waals surface area contributed by atoms with E-state index in [0.717, 1.165) is 18.8 Å². The molecule has 0 aliphatic heterocycles. The molecule has 0 spiro atoms. The molecule has 6 aliphatic carbocycles. The van der Waals surface area contributed by atoms with E-state index in [9.17, 15) is 0 Å².